The summed E-state index contributed by atoms with van der Waals surface area (Å²) in [6.45, 7) is 8.71. The van der Waals surface area contributed by atoms with Gasteiger partial charge in [0, 0.05) is 17.1 Å². The number of allylic oxidation sites excluding steroid dienone is 13. The van der Waals surface area contributed by atoms with Gasteiger partial charge in [0.2, 0.25) is 0 Å². The first-order valence-corrected chi connectivity index (χ1v) is 19.3. The Balaban J connectivity index is 0.000000226. The molecule has 6 aromatic carbocycles. The lowest BCUT2D eigenvalue weighted by Crippen LogP contribution is -2.30. The molecule has 6 aromatic rings. The van der Waals surface area contributed by atoms with Gasteiger partial charge in [0.25, 0.3) is 0 Å². The van der Waals surface area contributed by atoms with Crippen molar-refractivity contribution >= 4 is 27.8 Å². The Bertz CT molecular complexity index is 2540. The Hall–Kier alpha value is -6.90. The Morgan fingerprint density at radius 3 is 2.12 bits per heavy atom. The molecule has 56 heavy (non-hydrogen) atoms. The standard InChI is InChI=1S/C37H29N.C17H19N/c1-26-20-22-31-34(25-26)37(33-23-21-28-14-8-9-17-30(28)36(31)33)24-12-4-5-13-27(2)38(29-15-6-3-7-16-29)35-19-11-10-18-32(35)37;1-2-3-4-5-6-7-8-12-15-17(18)16-13-10-9-11-14-16/h3-23,25H,2,24H2,1H3;2-15H,18H2,1H3/b12-4-,13-5-;3-2+,5-4+,7-6-,12-8-,17-15-. The molecule has 274 valence electrons. The quantitative estimate of drug-likeness (QED) is 0.173. The Morgan fingerprint density at radius 2 is 1.34 bits per heavy atom. The number of anilines is 2. The number of benzene rings is 6. The highest BCUT2D eigenvalue weighted by molar-refractivity contribution is 6.03. The third-order valence-electron chi connectivity index (χ3n) is 10.4. The minimum absolute atomic E-state index is 0.341. The summed E-state index contributed by atoms with van der Waals surface area (Å²) in [5.74, 6) is 0. The van der Waals surface area contributed by atoms with E-state index < -0.39 is 0 Å². The highest BCUT2D eigenvalue weighted by atomic mass is 15.1. The average molecular weight is 725 g/mol. The number of nitrogens with two attached hydrogens (primary N) is 1. The number of fused-ring (bicyclic) bond motifs is 9. The third kappa shape index (κ3) is 7.69. The number of aryl methyl sites for hydroxylation is 1. The summed E-state index contributed by atoms with van der Waals surface area (Å²) in [5.41, 5.74) is 18.6. The monoisotopic (exact) mass is 724 g/mol. The Morgan fingerprint density at radius 1 is 0.661 bits per heavy atom. The van der Waals surface area contributed by atoms with Crippen LogP contribution in [0.4, 0.5) is 11.4 Å². The predicted molar refractivity (Wildman–Crippen MR) is 242 cm³/mol. The van der Waals surface area contributed by atoms with Gasteiger partial charge in [0.15, 0.2) is 0 Å². The molecule has 0 aromatic heterocycles. The maximum atomic E-state index is 5.94. The van der Waals surface area contributed by atoms with E-state index >= 15 is 0 Å². The molecule has 0 saturated carbocycles. The molecule has 0 bridgehead atoms. The second-order valence-electron chi connectivity index (χ2n) is 14.0. The molecule has 1 aliphatic heterocycles. The van der Waals surface area contributed by atoms with E-state index in [-0.39, 0.29) is 5.41 Å². The van der Waals surface area contributed by atoms with Gasteiger partial charge in [-0.25, -0.2) is 0 Å². The molecule has 0 fully saturated rings. The van der Waals surface area contributed by atoms with Gasteiger partial charge < -0.3 is 10.6 Å². The lowest BCUT2D eigenvalue weighted by molar-refractivity contribution is 0.644. The molecule has 2 heteroatoms. The molecule has 1 heterocycles. The Labute approximate surface area is 332 Å². The fourth-order valence-corrected chi connectivity index (χ4v) is 7.86. The van der Waals surface area contributed by atoms with Crippen molar-refractivity contribution in [3.05, 3.63) is 259 Å². The molecular weight excluding hydrogens is 677 g/mol. The van der Waals surface area contributed by atoms with E-state index in [2.05, 4.69) is 152 Å². The van der Waals surface area contributed by atoms with Crippen LogP contribution in [0, 0.1) is 6.92 Å². The third-order valence-corrected chi connectivity index (χ3v) is 10.4. The number of rotatable bonds is 6. The van der Waals surface area contributed by atoms with Gasteiger partial charge in [-0.15, -0.1) is 0 Å². The van der Waals surface area contributed by atoms with Crippen molar-refractivity contribution in [2.24, 2.45) is 5.73 Å². The Kier molecular flexibility index (Phi) is 11.7. The minimum Gasteiger partial charge on any atom is -0.398 e. The van der Waals surface area contributed by atoms with Crippen LogP contribution in [0.25, 0.3) is 27.6 Å². The molecule has 2 aliphatic rings. The van der Waals surface area contributed by atoms with Crippen molar-refractivity contribution in [1.82, 2.24) is 0 Å². The van der Waals surface area contributed by atoms with Crippen LogP contribution in [0.3, 0.4) is 0 Å². The van der Waals surface area contributed by atoms with Crippen molar-refractivity contribution in [3.8, 4) is 11.1 Å². The number of hydrogen-bond donors (Lipinski definition) is 1. The highest BCUT2D eigenvalue weighted by Crippen LogP contribution is 2.58. The van der Waals surface area contributed by atoms with Gasteiger partial charge in [0.1, 0.15) is 0 Å². The topological polar surface area (TPSA) is 29.3 Å². The zero-order valence-electron chi connectivity index (χ0n) is 32.2. The van der Waals surface area contributed by atoms with Crippen molar-refractivity contribution < 1.29 is 0 Å². The highest BCUT2D eigenvalue weighted by Gasteiger charge is 2.46. The molecule has 1 unspecified atom stereocenters. The summed E-state index contributed by atoms with van der Waals surface area (Å²) in [6.07, 6.45) is 27.3. The molecule has 2 N–H and O–H groups in total. The second-order valence-corrected chi connectivity index (χ2v) is 14.0. The summed E-state index contributed by atoms with van der Waals surface area (Å²) < 4.78 is 0. The fourth-order valence-electron chi connectivity index (χ4n) is 7.86. The SMILES string of the molecule is C/C=C/C=C/C=C\C=C/C=C(\N)c1ccccc1.C=C1/C=C\C=C/CC2(c3cc(C)ccc3-c3c2ccc2ccccc32)c2ccccc2N1c1ccccc1. The van der Waals surface area contributed by atoms with Crippen LogP contribution in [0.5, 0.6) is 0 Å². The van der Waals surface area contributed by atoms with Crippen LogP contribution in [-0.2, 0) is 5.41 Å². The van der Waals surface area contributed by atoms with Crippen molar-refractivity contribution in [2.45, 2.75) is 25.7 Å². The summed E-state index contributed by atoms with van der Waals surface area (Å²) in [6, 6.07) is 49.9. The molecule has 2 nitrogen and oxygen atoms in total. The van der Waals surface area contributed by atoms with Crippen LogP contribution < -0.4 is 10.6 Å². The van der Waals surface area contributed by atoms with Crippen LogP contribution in [0.1, 0.15) is 41.2 Å². The lowest BCUT2D eigenvalue weighted by atomic mass is 9.68. The first-order valence-electron chi connectivity index (χ1n) is 19.3. The molecule has 1 aliphatic carbocycles. The number of para-hydroxylation sites is 2. The predicted octanol–water partition coefficient (Wildman–Crippen LogP) is 13.9. The molecular formula is C54H48N2. The smallest absolute Gasteiger partial charge is 0.0519 e. The van der Waals surface area contributed by atoms with Crippen LogP contribution >= 0.6 is 0 Å². The number of hydrogen-bond acceptors (Lipinski definition) is 2. The molecule has 8 rings (SSSR count). The normalized spacial score (nSPS) is 17.6. The molecule has 0 saturated heterocycles. The van der Waals surface area contributed by atoms with Crippen LogP contribution in [-0.4, -0.2) is 0 Å². The van der Waals surface area contributed by atoms with Crippen molar-refractivity contribution in [2.75, 3.05) is 4.90 Å². The van der Waals surface area contributed by atoms with E-state index in [1.807, 2.05) is 91.9 Å². The largest absolute Gasteiger partial charge is 0.398 e. The first kappa shape index (κ1) is 37.4. The summed E-state index contributed by atoms with van der Waals surface area (Å²) in [4.78, 5) is 2.31. The van der Waals surface area contributed by atoms with Crippen LogP contribution in [0.15, 0.2) is 231 Å². The zero-order valence-corrected chi connectivity index (χ0v) is 32.2. The maximum Gasteiger partial charge on any atom is 0.0519 e. The first-order chi connectivity index (χ1) is 27.5. The van der Waals surface area contributed by atoms with E-state index in [9.17, 15) is 0 Å². The van der Waals surface area contributed by atoms with E-state index in [0.717, 1.165) is 34.8 Å². The van der Waals surface area contributed by atoms with Gasteiger partial charge in [0.05, 0.1) is 11.1 Å². The van der Waals surface area contributed by atoms with E-state index in [4.69, 9.17) is 5.73 Å². The van der Waals surface area contributed by atoms with Gasteiger partial charge in [-0.1, -0.05) is 200 Å². The summed E-state index contributed by atoms with van der Waals surface area (Å²) in [5, 5.41) is 2.59. The van der Waals surface area contributed by atoms with Crippen molar-refractivity contribution in [3.63, 3.8) is 0 Å². The maximum absolute atomic E-state index is 5.94. The van der Waals surface area contributed by atoms with Gasteiger partial charge >= 0.3 is 0 Å². The molecule has 0 radical (unpaired) electrons. The van der Waals surface area contributed by atoms with Gasteiger partial charge in [-0.3, -0.25) is 0 Å². The van der Waals surface area contributed by atoms with E-state index in [1.165, 1.54) is 44.2 Å². The van der Waals surface area contributed by atoms with Gasteiger partial charge in [-0.05, 0) is 94.8 Å². The molecule has 1 atom stereocenters. The zero-order chi connectivity index (χ0) is 38.7. The lowest BCUT2D eigenvalue weighted by Gasteiger charge is -2.38. The molecule has 0 amide bonds. The van der Waals surface area contributed by atoms with Gasteiger partial charge in [-0.2, -0.15) is 0 Å². The van der Waals surface area contributed by atoms with E-state index in [1.54, 1.807) is 0 Å². The minimum atomic E-state index is -0.341. The number of nitrogens with zero attached hydrogens (tertiary/aromatic N) is 1. The van der Waals surface area contributed by atoms with Crippen molar-refractivity contribution in [1.29, 1.82) is 0 Å². The van der Waals surface area contributed by atoms with Crippen LogP contribution in [0.2, 0.25) is 0 Å². The van der Waals surface area contributed by atoms with E-state index in [0.29, 0.717) is 0 Å². The summed E-state index contributed by atoms with van der Waals surface area (Å²) >= 11 is 0. The molecule has 1 spiro atoms. The second kappa shape index (κ2) is 17.5. The summed E-state index contributed by atoms with van der Waals surface area (Å²) in [7, 11) is 0. The average Bonchev–Trinajstić information content (AvgIpc) is 3.52. The fraction of sp³-hybridized carbons (Fsp3) is 0.0741.